The first-order valence-electron chi connectivity index (χ1n) is 10.4. The average molecular weight is 460 g/mol. The molecule has 2 N–H and O–H groups in total. The molecule has 0 spiro atoms. The van der Waals surface area contributed by atoms with Crippen molar-refractivity contribution in [3.05, 3.63) is 77.9 Å². The maximum atomic E-state index is 13.6. The second kappa shape index (κ2) is 12.3. The van der Waals surface area contributed by atoms with E-state index in [-0.39, 0.29) is 47.7 Å². The standard InChI is InChI=1S/C25H27FN2O4.Na/c1-16(2)24-22(13-12-20(29)14-21(30)15-23(31)32)28(19-10-8-18(26)9-11-19)25(27-24)17-6-4-3-5-7-17;/h3-13,16,20-21,29-30H,14-15H2,1-2H3,(H,31,32);/q;+1/p-1/b13-12+;/t20-,21-;/m1./s1. The molecule has 0 aliphatic rings. The van der Waals surface area contributed by atoms with Gasteiger partial charge in [-0.25, -0.2) is 9.37 Å². The Labute approximate surface area is 214 Å². The van der Waals surface area contributed by atoms with Gasteiger partial charge in [-0.15, -0.1) is 0 Å². The summed E-state index contributed by atoms with van der Waals surface area (Å²) in [6.07, 6.45) is 0.225. The number of carboxylic acid groups (broad SMARTS) is 1. The fourth-order valence-corrected chi connectivity index (χ4v) is 3.50. The van der Waals surface area contributed by atoms with Crippen molar-refractivity contribution in [1.29, 1.82) is 0 Å². The van der Waals surface area contributed by atoms with E-state index >= 15 is 0 Å². The van der Waals surface area contributed by atoms with E-state index in [1.54, 1.807) is 18.2 Å². The molecule has 0 amide bonds. The predicted octanol–water partition coefficient (Wildman–Crippen LogP) is 0.0709. The average Bonchev–Trinajstić information content (AvgIpc) is 3.12. The molecular formula is C25H26FN2NaO4. The molecule has 1 heterocycles. The number of nitrogens with zero attached hydrogens (tertiary/aromatic N) is 2. The van der Waals surface area contributed by atoms with Crippen molar-refractivity contribution in [1.82, 2.24) is 9.55 Å². The molecule has 0 saturated heterocycles. The summed E-state index contributed by atoms with van der Waals surface area (Å²) in [6.45, 7) is 4.01. The van der Waals surface area contributed by atoms with Crippen molar-refractivity contribution in [3.63, 3.8) is 0 Å². The molecule has 168 valence electrons. The molecule has 33 heavy (non-hydrogen) atoms. The first-order valence-corrected chi connectivity index (χ1v) is 10.4. The molecule has 1 aromatic heterocycles. The summed E-state index contributed by atoms with van der Waals surface area (Å²) in [5, 5.41) is 30.7. The number of aromatic nitrogens is 2. The number of rotatable bonds is 9. The zero-order valence-electron chi connectivity index (χ0n) is 19.0. The monoisotopic (exact) mass is 460 g/mol. The third kappa shape index (κ3) is 7.09. The van der Waals surface area contributed by atoms with Gasteiger partial charge in [-0.2, -0.15) is 0 Å². The second-order valence-corrected chi connectivity index (χ2v) is 7.93. The molecule has 0 aliphatic heterocycles. The summed E-state index contributed by atoms with van der Waals surface area (Å²) < 4.78 is 15.5. The van der Waals surface area contributed by atoms with Crippen LogP contribution in [0.25, 0.3) is 23.2 Å². The van der Waals surface area contributed by atoms with Gasteiger partial charge in [-0.1, -0.05) is 50.3 Å². The number of benzene rings is 2. The van der Waals surface area contributed by atoms with E-state index in [1.807, 2.05) is 48.7 Å². The van der Waals surface area contributed by atoms with E-state index in [1.165, 1.54) is 18.2 Å². The van der Waals surface area contributed by atoms with Gasteiger partial charge in [0, 0.05) is 30.1 Å². The molecule has 3 rings (SSSR count). The minimum absolute atomic E-state index is 0. The van der Waals surface area contributed by atoms with E-state index in [4.69, 9.17) is 4.98 Å². The van der Waals surface area contributed by atoms with Crippen LogP contribution in [-0.2, 0) is 4.79 Å². The van der Waals surface area contributed by atoms with Gasteiger partial charge in [0.25, 0.3) is 0 Å². The van der Waals surface area contributed by atoms with E-state index in [0.717, 1.165) is 11.3 Å². The van der Waals surface area contributed by atoms with Crippen LogP contribution in [0.4, 0.5) is 4.39 Å². The van der Waals surface area contributed by atoms with Crippen molar-refractivity contribution in [3.8, 4) is 17.1 Å². The molecule has 2 atom stereocenters. The minimum atomic E-state index is -1.38. The smallest absolute Gasteiger partial charge is 0.550 e. The fourth-order valence-electron chi connectivity index (χ4n) is 3.50. The molecule has 0 unspecified atom stereocenters. The number of aliphatic carboxylic acids is 1. The number of aliphatic hydroxyl groups excluding tert-OH is 2. The maximum Gasteiger partial charge on any atom is 1.00 e. The van der Waals surface area contributed by atoms with E-state index < -0.39 is 24.6 Å². The number of aliphatic hydroxyl groups is 2. The van der Waals surface area contributed by atoms with Crippen LogP contribution >= 0.6 is 0 Å². The number of hydrogen-bond donors (Lipinski definition) is 2. The zero-order chi connectivity index (χ0) is 23.3. The number of imidazole rings is 1. The zero-order valence-corrected chi connectivity index (χ0v) is 21.0. The van der Waals surface area contributed by atoms with Gasteiger partial charge in [0.1, 0.15) is 11.6 Å². The Morgan fingerprint density at radius 1 is 1.12 bits per heavy atom. The van der Waals surface area contributed by atoms with Gasteiger partial charge in [0.15, 0.2) is 0 Å². The molecule has 0 aliphatic carbocycles. The van der Waals surface area contributed by atoms with Crippen LogP contribution in [0, 0.1) is 5.82 Å². The number of carbonyl (C=O) groups is 1. The van der Waals surface area contributed by atoms with Crippen LogP contribution in [-0.4, -0.2) is 37.9 Å². The Morgan fingerprint density at radius 3 is 2.33 bits per heavy atom. The molecule has 0 bridgehead atoms. The minimum Gasteiger partial charge on any atom is -0.550 e. The third-order valence-corrected chi connectivity index (χ3v) is 5.00. The molecule has 0 radical (unpaired) electrons. The van der Waals surface area contributed by atoms with Crippen LogP contribution in [0.3, 0.4) is 0 Å². The van der Waals surface area contributed by atoms with Crippen molar-refractivity contribution in [2.24, 2.45) is 0 Å². The second-order valence-electron chi connectivity index (χ2n) is 7.93. The Kier molecular flexibility index (Phi) is 10.0. The Hall–Kier alpha value is -2.29. The summed E-state index contributed by atoms with van der Waals surface area (Å²) in [5.41, 5.74) is 3.07. The van der Waals surface area contributed by atoms with E-state index in [0.29, 0.717) is 17.2 Å². The van der Waals surface area contributed by atoms with Gasteiger partial charge < -0.3 is 20.1 Å². The van der Waals surface area contributed by atoms with Gasteiger partial charge in [-0.05, 0) is 36.3 Å². The van der Waals surface area contributed by atoms with Gasteiger partial charge in [0.05, 0.1) is 23.6 Å². The normalized spacial score (nSPS) is 13.2. The van der Waals surface area contributed by atoms with Crippen LogP contribution in [0.15, 0.2) is 60.7 Å². The maximum absolute atomic E-state index is 13.6. The molecule has 6 nitrogen and oxygen atoms in total. The fraction of sp³-hybridized carbons (Fsp3) is 0.280. The number of carbonyl (C=O) groups excluding carboxylic acids is 1. The number of halogens is 1. The molecular weight excluding hydrogens is 434 g/mol. The van der Waals surface area contributed by atoms with Gasteiger partial charge in [0.2, 0.25) is 0 Å². The molecule has 0 saturated carbocycles. The topological polar surface area (TPSA) is 98.4 Å². The first-order chi connectivity index (χ1) is 15.3. The third-order valence-electron chi connectivity index (χ3n) is 5.00. The summed E-state index contributed by atoms with van der Waals surface area (Å²) in [5.74, 6) is -1.00. The quantitative estimate of drug-likeness (QED) is 0.441. The summed E-state index contributed by atoms with van der Waals surface area (Å²) in [7, 11) is 0. The number of hydrogen-bond acceptors (Lipinski definition) is 5. The van der Waals surface area contributed by atoms with Crippen molar-refractivity contribution in [2.45, 2.75) is 44.8 Å². The summed E-state index contributed by atoms with van der Waals surface area (Å²) >= 11 is 0. The predicted molar refractivity (Wildman–Crippen MR) is 118 cm³/mol. The largest absolute Gasteiger partial charge is 1.00 e. The Bertz CT molecular complexity index is 1080. The van der Waals surface area contributed by atoms with Crippen LogP contribution < -0.4 is 34.7 Å². The van der Waals surface area contributed by atoms with Gasteiger partial charge in [-0.3, -0.25) is 4.57 Å². The SMILES string of the molecule is CC(C)c1nc(-c2ccccc2)n(-c2ccc(F)cc2)c1/C=C/[C@@H](O)C[C@@H](O)CC(=O)[O-].[Na+]. The summed E-state index contributed by atoms with van der Waals surface area (Å²) in [4.78, 5) is 15.5. The van der Waals surface area contributed by atoms with Crippen molar-refractivity contribution in [2.75, 3.05) is 0 Å². The number of carboxylic acids is 1. The van der Waals surface area contributed by atoms with E-state index in [9.17, 15) is 24.5 Å². The van der Waals surface area contributed by atoms with Crippen LogP contribution in [0.2, 0.25) is 0 Å². The molecule has 0 fully saturated rings. The van der Waals surface area contributed by atoms with Crippen molar-refractivity contribution >= 4 is 12.0 Å². The molecule has 8 heteroatoms. The summed E-state index contributed by atoms with van der Waals surface area (Å²) in [6, 6.07) is 15.7. The van der Waals surface area contributed by atoms with Crippen LogP contribution in [0.1, 0.15) is 44.0 Å². The van der Waals surface area contributed by atoms with Crippen LogP contribution in [0.5, 0.6) is 0 Å². The van der Waals surface area contributed by atoms with E-state index in [2.05, 4.69) is 0 Å². The Morgan fingerprint density at radius 2 is 1.76 bits per heavy atom. The molecule has 2 aromatic carbocycles. The first kappa shape index (κ1) is 27.0. The Balaban J connectivity index is 0.00000385. The molecule has 3 aromatic rings. The van der Waals surface area contributed by atoms with Crippen molar-refractivity contribution < 1.29 is 54.1 Å². The van der Waals surface area contributed by atoms with Gasteiger partial charge >= 0.3 is 29.6 Å².